The number of aromatic nitrogens is 3. The number of benzene rings is 1. The van der Waals surface area contributed by atoms with Crippen molar-refractivity contribution in [2.45, 2.75) is 43.2 Å². The molecule has 1 aromatic carbocycles. The summed E-state index contributed by atoms with van der Waals surface area (Å²) in [7, 11) is 1.63. The average Bonchev–Trinajstić information content (AvgIpc) is 2.98. The van der Waals surface area contributed by atoms with Crippen LogP contribution in [0.4, 0.5) is 20.5 Å². The third-order valence-electron chi connectivity index (χ3n) is 8.16. The summed E-state index contributed by atoms with van der Waals surface area (Å²) in [6.07, 6.45) is 2.54. The first kappa shape index (κ1) is 28.2. The van der Waals surface area contributed by atoms with E-state index >= 15 is 0 Å². The molecule has 5 heterocycles. The van der Waals surface area contributed by atoms with Gasteiger partial charge in [0.15, 0.2) is 6.10 Å². The van der Waals surface area contributed by atoms with Crippen molar-refractivity contribution in [1.82, 2.24) is 25.2 Å². The SMILES string of the molecule is COc1nc(Nc2nccc(-c3ccc(OC4CCNCC4(F)F)c(C#N)c3)n2)ccc1C1CCN(C2COC2)CC1. The highest BCUT2D eigenvalue weighted by Gasteiger charge is 2.43. The maximum absolute atomic E-state index is 14.3. The number of nitrogens with zero attached hydrogens (tertiary/aromatic N) is 5. The molecule has 10 nitrogen and oxygen atoms in total. The summed E-state index contributed by atoms with van der Waals surface area (Å²) in [6, 6.07) is 13.1. The number of methoxy groups -OCH3 is 1. The quantitative estimate of drug-likeness (QED) is 0.405. The Bertz CT molecular complexity index is 1460. The molecule has 0 aliphatic carbocycles. The number of nitriles is 1. The fraction of sp³-hybridized carbons (Fsp3) is 0.467. The lowest BCUT2D eigenvalue weighted by Crippen LogP contribution is -2.52. The van der Waals surface area contributed by atoms with Crippen molar-refractivity contribution in [2.75, 3.05) is 51.8 Å². The second kappa shape index (κ2) is 12.1. The van der Waals surface area contributed by atoms with E-state index in [1.165, 1.54) is 6.07 Å². The highest BCUT2D eigenvalue weighted by Crippen LogP contribution is 2.36. The van der Waals surface area contributed by atoms with Gasteiger partial charge in [-0.05, 0) is 74.8 Å². The molecule has 3 aliphatic heterocycles. The van der Waals surface area contributed by atoms with Crippen LogP contribution in [0.1, 0.15) is 36.3 Å². The molecular formula is C30H33F2N7O3. The molecule has 1 atom stereocenters. The zero-order chi connectivity index (χ0) is 29.1. The van der Waals surface area contributed by atoms with Gasteiger partial charge in [0, 0.05) is 23.7 Å². The standard InChI is InChI=1S/C30H33F2N7O3/c1-40-28-23(19-8-12-39(13-9-19)22-16-41-17-22)3-5-27(37-28)38-29-35-11-6-24(36-29)20-2-4-25(21(14-20)15-33)42-26-7-10-34-18-30(26,31)32/h2-6,11,14,19,22,26,34H,7-10,12-13,16-18H2,1H3,(H,35,36,37,38). The van der Waals surface area contributed by atoms with Crippen LogP contribution < -0.4 is 20.1 Å². The van der Waals surface area contributed by atoms with Crippen LogP contribution in [0.15, 0.2) is 42.6 Å². The third kappa shape index (κ3) is 5.99. The number of pyridine rings is 1. The Morgan fingerprint density at radius 1 is 1.12 bits per heavy atom. The highest BCUT2D eigenvalue weighted by atomic mass is 19.3. The van der Waals surface area contributed by atoms with E-state index in [0.717, 1.165) is 44.7 Å². The molecule has 0 saturated carbocycles. The Labute approximate surface area is 243 Å². The van der Waals surface area contributed by atoms with Gasteiger partial charge in [-0.1, -0.05) is 0 Å². The Morgan fingerprint density at radius 2 is 1.95 bits per heavy atom. The zero-order valence-corrected chi connectivity index (χ0v) is 23.4. The van der Waals surface area contributed by atoms with Gasteiger partial charge in [0.05, 0.1) is 44.2 Å². The summed E-state index contributed by atoms with van der Waals surface area (Å²) in [6.45, 7) is 3.71. The van der Waals surface area contributed by atoms with Crippen LogP contribution in [-0.2, 0) is 4.74 Å². The first-order valence-corrected chi connectivity index (χ1v) is 14.2. The molecule has 0 amide bonds. The van der Waals surface area contributed by atoms with Crippen molar-refractivity contribution >= 4 is 11.8 Å². The minimum Gasteiger partial charge on any atom is -0.483 e. The number of alkyl halides is 2. The molecule has 42 heavy (non-hydrogen) atoms. The number of ether oxygens (including phenoxy) is 3. The zero-order valence-electron chi connectivity index (χ0n) is 23.4. The van der Waals surface area contributed by atoms with Gasteiger partial charge in [0.25, 0.3) is 5.92 Å². The largest absolute Gasteiger partial charge is 0.483 e. The van der Waals surface area contributed by atoms with E-state index in [2.05, 4.69) is 42.6 Å². The first-order valence-electron chi connectivity index (χ1n) is 14.2. The predicted molar refractivity (Wildman–Crippen MR) is 151 cm³/mol. The second-order valence-corrected chi connectivity index (χ2v) is 10.8. The van der Waals surface area contributed by atoms with Crippen molar-refractivity contribution in [2.24, 2.45) is 0 Å². The summed E-state index contributed by atoms with van der Waals surface area (Å²) < 4.78 is 45.1. The number of nitrogens with one attached hydrogen (secondary N) is 2. The molecule has 3 fully saturated rings. The topological polar surface area (TPSA) is 117 Å². The van der Waals surface area contributed by atoms with E-state index in [9.17, 15) is 14.0 Å². The Morgan fingerprint density at radius 3 is 2.67 bits per heavy atom. The van der Waals surface area contributed by atoms with E-state index in [4.69, 9.17) is 14.2 Å². The summed E-state index contributed by atoms with van der Waals surface area (Å²) >= 11 is 0. The Balaban J connectivity index is 1.15. The number of hydrogen-bond donors (Lipinski definition) is 2. The van der Waals surface area contributed by atoms with Crippen molar-refractivity contribution in [3.63, 3.8) is 0 Å². The molecule has 0 spiro atoms. The molecule has 0 radical (unpaired) electrons. The number of halogens is 2. The Hall–Kier alpha value is -3.92. The molecule has 3 saturated heterocycles. The predicted octanol–water partition coefficient (Wildman–Crippen LogP) is 4.12. The van der Waals surface area contributed by atoms with Gasteiger partial charge in [-0.15, -0.1) is 0 Å². The number of piperidine rings is 2. The minimum absolute atomic E-state index is 0.124. The monoisotopic (exact) mass is 577 g/mol. The summed E-state index contributed by atoms with van der Waals surface area (Å²) in [5, 5.41) is 15.5. The lowest BCUT2D eigenvalue weighted by atomic mass is 9.89. The van der Waals surface area contributed by atoms with Crippen LogP contribution in [-0.4, -0.2) is 84.4 Å². The number of likely N-dealkylation sites (tertiary alicyclic amines) is 1. The van der Waals surface area contributed by atoms with Crippen LogP contribution in [0.3, 0.4) is 0 Å². The van der Waals surface area contributed by atoms with Crippen LogP contribution in [0.5, 0.6) is 11.6 Å². The lowest BCUT2D eigenvalue weighted by Gasteiger charge is -2.41. The van der Waals surface area contributed by atoms with Gasteiger partial charge in [0.1, 0.15) is 17.6 Å². The molecule has 3 aromatic rings. The fourth-order valence-electron chi connectivity index (χ4n) is 5.69. The summed E-state index contributed by atoms with van der Waals surface area (Å²) in [5.74, 6) is -1.08. The van der Waals surface area contributed by atoms with Crippen LogP contribution in [0.25, 0.3) is 11.3 Å². The fourth-order valence-corrected chi connectivity index (χ4v) is 5.69. The summed E-state index contributed by atoms with van der Waals surface area (Å²) in [5.41, 5.74) is 2.43. The maximum Gasteiger partial charge on any atom is 0.296 e. The van der Waals surface area contributed by atoms with Gasteiger partial charge in [-0.3, -0.25) is 4.90 Å². The van der Waals surface area contributed by atoms with E-state index in [-0.39, 0.29) is 17.7 Å². The van der Waals surface area contributed by atoms with Crippen molar-refractivity contribution in [3.05, 3.63) is 53.7 Å². The number of hydrogen-bond acceptors (Lipinski definition) is 10. The van der Waals surface area contributed by atoms with Crippen LogP contribution in [0.2, 0.25) is 0 Å². The maximum atomic E-state index is 14.3. The molecule has 6 rings (SSSR count). The number of rotatable bonds is 8. The molecule has 2 N–H and O–H groups in total. The normalized spacial score (nSPS) is 21.2. The van der Waals surface area contributed by atoms with Gasteiger partial charge in [0.2, 0.25) is 11.8 Å². The van der Waals surface area contributed by atoms with Crippen LogP contribution in [0, 0.1) is 11.3 Å². The van der Waals surface area contributed by atoms with Gasteiger partial charge >= 0.3 is 0 Å². The van der Waals surface area contributed by atoms with Gasteiger partial charge < -0.3 is 24.8 Å². The van der Waals surface area contributed by atoms with Crippen LogP contribution >= 0.6 is 0 Å². The molecule has 0 bridgehead atoms. The van der Waals surface area contributed by atoms with E-state index < -0.39 is 18.6 Å². The number of anilines is 2. The molecule has 1 unspecified atom stereocenters. The average molecular weight is 578 g/mol. The van der Waals surface area contributed by atoms with Crippen molar-refractivity contribution < 1.29 is 23.0 Å². The minimum atomic E-state index is -3.02. The summed E-state index contributed by atoms with van der Waals surface area (Å²) in [4.78, 5) is 16.1. The smallest absolute Gasteiger partial charge is 0.296 e. The van der Waals surface area contributed by atoms with Crippen molar-refractivity contribution in [1.29, 1.82) is 5.26 Å². The Kier molecular flexibility index (Phi) is 8.15. The van der Waals surface area contributed by atoms with E-state index in [1.54, 1.807) is 31.5 Å². The molecule has 12 heteroatoms. The molecule has 2 aromatic heterocycles. The lowest BCUT2D eigenvalue weighted by molar-refractivity contribution is -0.109. The second-order valence-electron chi connectivity index (χ2n) is 10.8. The van der Waals surface area contributed by atoms with Gasteiger partial charge in [-0.2, -0.15) is 10.2 Å². The molecule has 3 aliphatic rings. The molecular weight excluding hydrogens is 544 g/mol. The van der Waals surface area contributed by atoms with E-state index in [0.29, 0.717) is 47.4 Å². The van der Waals surface area contributed by atoms with Crippen molar-refractivity contribution in [3.8, 4) is 29.0 Å². The van der Waals surface area contributed by atoms with E-state index in [1.807, 2.05) is 6.07 Å². The third-order valence-corrected chi connectivity index (χ3v) is 8.16. The molecule has 220 valence electrons. The van der Waals surface area contributed by atoms with Gasteiger partial charge in [-0.25, -0.2) is 18.7 Å². The highest BCUT2D eigenvalue weighted by molar-refractivity contribution is 5.65. The first-order chi connectivity index (χ1) is 20.4.